The molecule has 1 N–H and O–H groups in total. The van der Waals surface area contributed by atoms with Crippen LogP contribution < -0.4 is 9.62 Å². The highest BCUT2D eigenvalue weighted by molar-refractivity contribution is 7.92. The average Bonchev–Trinajstić information content (AvgIpc) is 2.71. The van der Waals surface area contributed by atoms with Gasteiger partial charge in [-0.25, -0.2) is 8.42 Å². The molecule has 0 bridgehead atoms. The SMILES string of the molecule is Cc1c(Cl)cccc1NC(=O)c1cccc(N(C)S(=O)(=O)c2ccccc2)c1. The van der Waals surface area contributed by atoms with E-state index < -0.39 is 10.0 Å². The van der Waals surface area contributed by atoms with Crippen LogP contribution in [0.15, 0.2) is 77.7 Å². The van der Waals surface area contributed by atoms with E-state index >= 15 is 0 Å². The van der Waals surface area contributed by atoms with Gasteiger partial charge in [0.25, 0.3) is 15.9 Å². The van der Waals surface area contributed by atoms with Crippen molar-refractivity contribution in [2.45, 2.75) is 11.8 Å². The first kappa shape index (κ1) is 19.9. The Labute approximate surface area is 169 Å². The van der Waals surface area contributed by atoms with E-state index in [0.29, 0.717) is 22.0 Å². The number of hydrogen-bond acceptors (Lipinski definition) is 3. The molecule has 5 nitrogen and oxygen atoms in total. The quantitative estimate of drug-likeness (QED) is 0.656. The number of benzene rings is 3. The van der Waals surface area contributed by atoms with Crippen LogP contribution in [0, 0.1) is 6.92 Å². The van der Waals surface area contributed by atoms with Crippen molar-refractivity contribution in [1.82, 2.24) is 0 Å². The molecule has 0 fully saturated rings. The third kappa shape index (κ3) is 4.03. The Kier molecular flexibility index (Phi) is 5.72. The minimum Gasteiger partial charge on any atom is -0.322 e. The van der Waals surface area contributed by atoms with E-state index in [1.54, 1.807) is 54.6 Å². The summed E-state index contributed by atoms with van der Waals surface area (Å²) in [6.45, 7) is 1.81. The number of sulfonamides is 1. The minimum atomic E-state index is -3.72. The summed E-state index contributed by atoms with van der Waals surface area (Å²) in [5, 5.41) is 3.37. The first-order chi connectivity index (χ1) is 13.3. The Morgan fingerprint density at radius 2 is 1.64 bits per heavy atom. The van der Waals surface area contributed by atoms with E-state index in [1.165, 1.54) is 25.2 Å². The maximum Gasteiger partial charge on any atom is 0.264 e. The number of rotatable bonds is 5. The number of hydrogen-bond donors (Lipinski definition) is 1. The van der Waals surface area contributed by atoms with Gasteiger partial charge in [0, 0.05) is 23.3 Å². The molecular formula is C21H19ClN2O3S. The summed E-state index contributed by atoms with van der Waals surface area (Å²) in [4.78, 5) is 12.8. The van der Waals surface area contributed by atoms with E-state index in [2.05, 4.69) is 5.32 Å². The normalized spacial score (nSPS) is 11.1. The van der Waals surface area contributed by atoms with Gasteiger partial charge in [0.15, 0.2) is 0 Å². The van der Waals surface area contributed by atoms with Crippen LogP contribution in [0.4, 0.5) is 11.4 Å². The van der Waals surface area contributed by atoms with Crippen molar-refractivity contribution in [1.29, 1.82) is 0 Å². The highest BCUT2D eigenvalue weighted by atomic mass is 35.5. The molecule has 0 spiro atoms. The smallest absolute Gasteiger partial charge is 0.264 e. The second-order valence-electron chi connectivity index (χ2n) is 6.20. The Morgan fingerprint density at radius 3 is 2.36 bits per heavy atom. The fourth-order valence-electron chi connectivity index (χ4n) is 2.67. The molecule has 0 aliphatic carbocycles. The van der Waals surface area contributed by atoms with Crippen LogP contribution in [-0.2, 0) is 10.0 Å². The van der Waals surface area contributed by atoms with E-state index in [9.17, 15) is 13.2 Å². The van der Waals surface area contributed by atoms with Crippen molar-refractivity contribution in [2.24, 2.45) is 0 Å². The Hall–Kier alpha value is -2.83. The van der Waals surface area contributed by atoms with Gasteiger partial charge in [-0.1, -0.05) is 41.9 Å². The predicted octanol–water partition coefficient (Wildman–Crippen LogP) is 4.73. The molecule has 3 aromatic rings. The van der Waals surface area contributed by atoms with Crippen LogP contribution in [0.5, 0.6) is 0 Å². The predicted molar refractivity (Wildman–Crippen MR) is 113 cm³/mol. The van der Waals surface area contributed by atoms with Crippen LogP contribution in [-0.4, -0.2) is 21.4 Å². The maximum atomic E-state index is 12.8. The van der Waals surface area contributed by atoms with Crippen molar-refractivity contribution in [3.8, 4) is 0 Å². The number of nitrogens with one attached hydrogen (secondary N) is 1. The van der Waals surface area contributed by atoms with Gasteiger partial charge in [-0.15, -0.1) is 0 Å². The molecule has 0 aliphatic heterocycles. The van der Waals surface area contributed by atoms with Crippen LogP contribution in [0.25, 0.3) is 0 Å². The first-order valence-electron chi connectivity index (χ1n) is 8.51. The van der Waals surface area contributed by atoms with Crippen molar-refractivity contribution >= 4 is 38.9 Å². The number of nitrogens with zero attached hydrogens (tertiary/aromatic N) is 1. The number of amides is 1. The van der Waals surface area contributed by atoms with E-state index in [4.69, 9.17) is 11.6 Å². The standard InChI is InChI=1S/C21H19ClN2O3S/c1-15-19(22)12-7-13-20(15)23-21(25)16-8-6-9-17(14-16)24(2)28(26,27)18-10-4-3-5-11-18/h3-14H,1-2H3,(H,23,25). The molecule has 28 heavy (non-hydrogen) atoms. The zero-order valence-corrected chi connectivity index (χ0v) is 17.0. The van der Waals surface area contributed by atoms with Gasteiger partial charge >= 0.3 is 0 Å². The lowest BCUT2D eigenvalue weighted by atomic mass is 10.1. The zero-order valence-electron chi connectivity index (χ0n) is 15.4. The molecule has 3 rings (SSSR count). The highest BCUT2D eigenvalue weighted by Gasteiger charge is 2.21. The fraction of sp³-hybridized carbons (Fsp3) is 0.0952. The molecule has 0 unspecified atom stereocenters. The lowest BCUT2D eigenvalue weighted by Gasteiger charge is -2.20. The summed E-state index contributed by atoms with van der Waals surface area (Å²) >= 11 is 6.09. The molecule has 0 saturated heterocycles. The average molecular weight is 415 g/mol. The van der Waals surface area contributed by atoms with Gasteiger partial charge in [0.1, 0.15) is 0 Å². The fourth-order valence-corrected chi connectivity index (χ4v) is 4.05. The summed E-state index contributed by atoms with van der Waals surface area (Å²) in [5.74, 6) is -0.349. The van der Waals surface area contributed by atoms with Gasteiger partial charge in [-0.3, -0.25) is 9.10 Å². The number of carbonyl (C=O) groups excluding carboxylic acids is 1. The van der Waals surface area contributed by atoms with Gasteiger partial charge < -0.3 is 5.32 Å². The summed E-state index contributed by atoms with van der Waals surface area (Å²) < 4.78 is 26.8. The second-order valence-corrected chi connectivity index (χ2v) is 8.58. The van der Waals surface area contributed by atoms with Crippen LogP contribution in [0.3, 0.4) is 0 Å². The van der Waals surface area contributed by atoms with Gasteiger partial charge in [0.2, 0.25) is 0 Å². The molecule has 7 heteroatoms. The minimum absolute atomic E-state index is 0.182. The molecule has 0 heterocycles. The molecule has 0 atom stereocenters. The van der Waals surface area contributed by atoms with Crippen molar-refractivity contribution in [3.05, 3.63) is 88.9 Å². The van der Waals surface area contributed by atoms with Crippen molar-refractivity contribution in [2.75, 3.05) is 16.7 Å². The van der Waals surface area contributed by atoms with Gasteiger partial charge in [0.05, 0.1) is 10.6 Å². The molecule has 1 amide bonds. The number of halogens is 1. The third-order valence-corrected chi connectivity index (χ3v) is 6.60. The Bertz CT molecular complexity index is 1120. The molecule has 0 aliphatic rings. The molecule has 0 saturated carbocycles. The van der Waals surface area contributed by atoms with Crippen LogP contribution >= 0.6 is 11.6 Å². The largest absolute Gasteiger partial charge is 0.322 e. The van der Waals surface area contributed by atoms with Crippen LogP contribution in [0.1, 0.15) is 15.9 Å². The first-order valence-corrected chi connectivity index (χ1v) is 10.3. The van der Waals surface area contributed by atoms with E-state index in [1.807, 2.05) is 6.92 Å². The topological polar surface area (TPSA) is 66.5 Å². The molecule has 3 aromatic carbocycles. The third-order valence-electron chi connectivity index (χ3n) is 4.39. The van der Waals surface area contributed by atoms with Crippen molar-refractivity contribution < 1.29 is 13.2 Å². The second kappa shape index (κ2) is 8.04. The van der Waals surface area contributed by atoms with Crippen molar-refractivity contribution in [3.63, 3.8) is 0 Å². The maximum absolute atomic E-state index is 12.8. The summed E-state index contributed by atoms with van der Waals surface area (Å²) in [5.41, 5.74) is 2.09. The molecule has 0 aromatic heterocycles. The highest BCUT2D eigenvalue weighted by Crippen LogP contribution is 2.25. The number of anilines is 2. The summed E-state index contributed by atoms with van der Waals surface area (Å²) in [6.07, 6.45) is 0. The van der Waals surface area contributed by atoms with E-state index in [-0.39, 0.29) is 10.8 Å². The molecule has 144 valence electrons. The summed E-state index contributed by atoms with van der Waals surface area (Å²) in [6, 6.07) is 19.9. The Balaban J connectivity index is 1.88. The molecular weight excluding hydrogens is 396 g/mol. The monoisotopic (exact) mass is 414 g/mol. The van der Waals surface area contributed by atoms with Gasteiger partial charge in [-0.05, 0) is 55.0 Å². The van der Waals surface area contributed by atoms with E-state index in [0.717, 1.165) is 9.87 Å². The van der Waals surface area contributed by atoms with Gasteiger partial charge in [-0.2, -0.15) is 0 Å². The Morgan fingerprint density at radius 1 is 0.964 bits per heavy atom. The lowest BCUT2D eigenvalue weighted by molar-refractivity contribution is 0.102. The van der Waals surface area contributed by atoms with Crippen LogP contribution in [0.2, 0.25) is 5.02 Å². The zero-order chi connectivity index (χ0) is 20.3. The molecule has 0 radical (unpaired) electrons. The summed E-state index contributed by atoms with van der Waals surface area (Å²) in [7, 11) is -2.26. The number of carbonyl (C=O) groups is 1. The lowest BCUT2D eigenvalue weighted by Crippen LogP contribution is -2.26.